The van der Waals surface area contributed by atoms with E-state index in [2.05, 4.69) is 10.6 Å². The zero-order chi connectivity index (χ0) is 10.1. The summed E-state index contributed by atoms with van der Waals surface area (Å²) in [7, 11) is 0. The van der Waals surface area contributed by atoms with Gasteiger partial charge in [-0.05, 0) is 0 Å². The number of rotatable bonds is 6. The Bertz CT molecular complexity index is 190. The van der Waals surface area contributed by atoms with E-state index in [9.17, 15) is 4.79 Å². The van der Waals surface area contributed by atoms with Crippen LogP contribution in [0.3, 0.4) is 0 Å². The van der Waals surface area contributed by atoms with Gasteiger partial charge >= 0.3 is 0 Å². The molecule has 0 radical (unpaired) electrons. The summed E-state index contributed by atoms with van der Waals surface area (Å²) in [4.78, 5) is 10.8. The second-order valence-electron chi connectivity index (χ2n) is 2.40. The average molecular weight is 187 g/mol. The van der Waals surface area contributed by atoms with Crippen molar-refractivity contribution in [2.75, 3.05) is 26.2 Å². The highest BCUT2D eigenvalue weighted by atomic mass is 16.3. The van der Waals surface area contributed by atoms with Crippen molar-refractivity contribution in [2.24, 2.45) is 0 Å². The standard InChI is InChI=1S/C7H13N3O3/c8-1-2-10-7(13)4-9-3-6(12)5-11/h6,9,11-12H,2-5H2,(H,10,13). The quantitative estimate of drug-likeness (QED) is 0.346. The maximum absolute atomic E-state index is 10.8. The summed E-state index contributed by atoms with van der Waals surface area (Å²) in [6, 6.07) is 1.76. The molecule has 0 fully saturated rings. The number of carbonyl (C=O) groups excluding carboxylic acids is 1. The van der Waals surface area contributed by atoms with Crippen molar-refractivity contribution < 1.29 is 15.0 Å². The molecule has 0 aromatic rings. The van der Waals surface area contributed by atoms with E-state index in [1.54, 1.807) is 6.07 Å². The molecule has 1 unspecified atom stereocenters. The van der Waals surface area contributed by atoms with E-state index in [0.717, 1.165) is 0 Å². The molecule has 74 valence electrons. The van der Waals surface area contributed by atoms with Crippen LogP contribution < -0.4 is 10.6 Å². The molecule has 0 aromatic heterocycles. The van der Waals surface area contributed by atoms with Gasteiger partial charge in [-0.1, -0.05) is 0 Å². The number of nitrogens with zero attached hydrogens (tertiary/aromatic N) is 1. The zero-order valence-corrected chi connectivity index (χ0v) is 7.16. The van der Waals surface area contributed by atoms with Crippen molar-refractivity contribution in [2.45, 2.75) is 6.10 Å². The van der Waals surface area contributed by atoms with E-state index in [1.807, 2.05) is 0 Å². The number of nitriles is 1. The molecule has 0 aromatic carbocycles. The van der Waals surface area contributed by atoms with E-state index < -0.39 is 6.10 Å². The maximum Gasteiger partial charge on any atom is 0.234 e. The minimum atomic E-state index is -0.858. The van der Waals surface area contributed by atoms with Gasteiger partial charge in [0, 0.05) is 6.54 Å². The molecule has 0 aliphatic heterocycles. The molecule has 6 nitrogen and oxygen atoms in total. The van der Waals surface area contributed by atoms with Gasteiger partial charge in [0.15, 0.2) is 0 Å². The molecule has 0 spiro atoms. The smallest absolute Gasteiger partial charge is 0.234 e. The zero-order valence-electron chi connectivity index (χ0n) is 7.16. The fourth-order valence-electron chi connectivity index (χ4n) is 0.617. The fourth-order valence-corrected chi connectivity index (χ4v) is 0.617. The Labute approximate surface area is 76.2 Å². The van der Waals surface area contributed by atoms with Gasteiger partial charge < -0.3 is 20.8 Å². The maximum atomic E-state index is 10.8. The van der Waals surface area contributed by atoms with E-state index in [-0.39, 0.29) is 32.1 Å². The first-order valence-electron chi connectivity index (χ1n) is 3.84. The third-order valence-corrected chi connectivity index (χ3v) is 1.24. The summed E-state index contributed by atoms with van der Waals surface area (Å²) in [5.41, 5.74) is 0. The van der Waals surface area contributed by atoms with Crippen LogP contribution in [0.5, 0.6) is 0 Å². The Morgan fingerprint density at radius 3 is 2.85 bits per heavy atom. The summed E-state index contributed by atoms with van der Waals surface area (Å²) in [5.74, 6) is -0.313. The number of nitrogens with one attached hydrogen (secondary N) is 2. The van der Waals surface area contributed by atoms with E-state index in [4.69, 9.17) is 15.5 Å². The third-order valence-electron chi connectivity index (χ3n) is 1.24. The molecule has 6 heteroatoms. The van der Waals surface area contributed by atoms with Crippen molar-refractivity contribution in [3.8, 4) is 6.07 Å². The second-order valence-corrected chi connectivity index (χ2v) is 2.40. The highest BCUT2D eigenvalue weighted by Gasteiger charge is 2.03. The minimum absolute atomic E-state index is 0.0247. The molecule has 0 saturated heterocycles. The lowest BCUT2D eigenvalue weighted by Gasteiger charge is -2.07. The number of carbonyl (C=O) groups is 1. The summed E-state index contributed by atoms with van der Waals surface area (Å²) in [6.45, 7) is -0.189. The predicted octanol–water partition coefficient (Wildman–Crippen LogP) is -2.43. The monoisotopic (exact) mass is 187 g/mol. The third kappa shape index (κ3) is 7.21. The van der Waals surface area contributed by atoms with E-state index in [0.29, 0.717) is 0 Å². The van der Waals surface area contributed by atoms with Gasteiger partial charge in [-0.15, -0.1) is 0 Å². The molecule has 0 bridgehead atoms. The molecule has 0 aliphatic rings. The molecule has 1 amide bonds. The lowest BCUT2D eigenvalue weighted by Crippen LogP contribution is -2.38. The topological polar surface area (TPSA) is 105 Å². The predicted molar refractivity (Wildman–Crippen MR) is 44.6 cm³/mol. The van der Waals surface area contributed by atoms with Crippen molar-refractivity contribution >= 4 is 5.91 Å². The van der Waals surface area contributed by atoms with Crippen molar-refractivity contribution in [1.82, 2.24) is 10.6 Å². The molecular weight excluding hydrogens is 174 g/mol. The summed E-state index contributed by atoms with van der Waals surface area (Å²) in [6.07, 6.45) is -0.858. The number of aliphatic hydroxyl groups excluding tert-OH is 2. The number of hydrogen-bond acceptors (Lipinski definition) is 5. The van der Waals surface area contributed by atoms with Gasteiger partial charge in [-0.3, -0.25) is 4.79 Å². The summed E-state index contributed by atoms with van der Waals surface area (Å²) in [5, 5.41) is 30.3. The molecule has 0 aliphatic carbocycles. The first-order chi connectivity index (χ1) is 6.20. The van der Waals surface area contributed by atoms with Gasteiger partial charge in [0.1, 0.15) is 6.54 Å². The van der Waals surface area contributed by atoms with Crippen LogP contribution in [0.15, 0.2) is 0 Å². The molecule has 13 heavy (non-hydrogen) atoms. The summed E-state index contributed by atoms with van der Waals surface area (Å²) < 4.78 is 0. The van der Waals surface area contributed by atoms with Crippen LogP contribution in [-0.4, -0.2) is 48.5 Å². The fraction of sp³-hybridized carbons (Fsp3) is 0.714. The van der Waals surface area contributed by atoms with Gasteiger partial charge in [-0.2, -0.15) is 5.26 Å². The molecule has 0 heterocycles. The van der Waals surface area contributed by atoms with Crippen molar-refractivity contribution in [3.05, 3.63) is 0 Å². The Morgan fingerprint density at radius 1 is 1.62 bits per heavy atom. The molecule has 1 atom stereocenters. The Balaban J connectivity index is 3.32. The van der Waals surface area contributed by atoms with Crippen LogP contribution in [-0.2, 0) is 4.79 Å². The van der Waals surface area contributed by atoms with Gasteiger partial charge in [0.2, 0.25) is 5.91 Å². The van der Waals surface area contributed by atoms with Crippen molar-refractivity contribution in [1.29, 1.82) is 5.26 Å². The largest absolute Gasteiger partial charge is 0.394 e. The Morgan fingerprint density at radius 2 is 2.31 bits per heavy atom. The van der Waals surface area contributed by atoms with Gasteiger partial charge in [0.25, 0.3) is 0 Å². The number of amides is 1. The minimum Gasteiger partial charge on any atom is -0.394 e. The normalized spacial score (nSPS) is 11.8. The van der Waals surface area contributed by atoms with Crippen LogP contribution in [0.2, 0.25) is 0 Å². The van der Waals surface area contributed by atoms with Crippen LogP contribution in [0, 0.1) is 11.3 Å². The highest BCUT2D eigenvalue weighted by Crippen LogP contribution is 1.75. The molecular formula is C7H13N3O3. The Kier molecular flexibility index (Phi) is 6.82. The molecule has 0 saturated carbocycles. The molecule has 0 rings (SSSR count). The van der Waals surface area contributed by atoms with Gasteiger partial charge in [-0.25, -0.2) is 0 Å². The Hall–Kier alpha value is -1.16. The second kappa shape index (κ2) is 7.49. The lowest BCUT2D eigenvalue weighted by molar-refractivity contribution is -0.120. The molecule has 4 N–H and O–H groups in total. The SMILES string of the molecule is N#CCNC(=O)CNCC(O)CO. The average Bonchev–Trinajstić information content (AvgIpc) is 2.14. The van der Waals surface area contributed by atoms with Crippen molar-refractivity contribution in [3.63, 3.8) is 0 Å². The van der Waals surface area contributed by atoms with Crippen LogP contribution >= 0.6 is 0 Å². The lowest BCUT2D eigenvalue weighted by atomic mass is 10.4. The van der Waals surface area contributed by atoms with E-state index in [1.165, 1.54) is 0 Å². The number of aliphatic hydroxyl groups is 2. The van der Waals surface area contributed by atoms with Crippen LogP contribution in [0.1, 0.15) is 0 Å². The summed E-state index contributed by atoms with van der Waals surface area (Å²) >= 11 is 0. The highest BCUT2D eigenvalue weighted by molar-refractivity contribution is 5.78. The van der Waals surface area contributed by atoms with Crippen LogP contribution in [0.25, 0.3) is 0 Å². The first kappa shape index (κ1) is 11.8. The number of hydrogen-bond donors (Lipinski definition) is 4. The first-order valence-corrected chi connectivity index (χ1v) is 3.84. The van der Waals surface area contributed by atoms with Gasteiger partial charge in [0.05, 0.1) is 25.3 Å². The van der Waals surface area contributed by atoms with Crippen LogP contribution in [0.4, 0.5) is 0 Å². The van der Waals surface area contributed by atoms with E-state index >= 15 is 0 Å².